The van der Waals surface area contributed by atoms with Crippen LogP contribution >= 0.6 is 0 Å². The van der Waals surface area contributed by atoms with Gasteiger partial charge >= 0.3 is 0 Å². The van der Waals surface area contributed by atoms with Crippen molar-refractivity contribution in [3.8, 4) is 5.75 Å². The van der Waals surface area contributed by atoms with E-state index in [1.54, 1.807) is 0 Å². The number of phenolic OH excluding ortho intramolecular Hbond substituents is 1. The van der Waals surface area contributed by atoms with Crippen molar-refractivity contribution in [1.29, 1.82) is 0 Å². The van der Waals surface area contributed by atoms with Crippen LogP contribution in [0.5, 0.6) is 5.75 Å². The number of hydrogen-bond donors (Lipinski definition) is 3. The Morgan fingerprint density at radius 2 is 1.75 bits per heavy atom. The highest BCUT2D eigenvalue weighted by Gasteiger charge is 2.09. The van der Waals surface area contributed by atoms with Gasteiger partial charge in [-0.3, -0.25) is 0 Å². The first-order chi connectivity index (χ1) is 7.56. The molecule has 0 saturated carbocycles. The van der Waals surface area contributed by atoms with Crippen LogP contribution in [0.4, 0.5) is 0 Å². The Kier molecular flexibility index (Phi) is 4.77. The van der Waals surface area contributed by atoms with Crippen LogP contribution in [0.3, 0.4) is 0 Å². The topological polar surface area (TPSA) is 72.3 Å². The predicted octanol–water partition coefficient (Wildman–Crippen LogP) is 2.14. The summed E-state index contributed by atoms with van der Waals surface area (Å²) < 4.78 is 0. The molecule has 5 N–H and O–H groups in total. The smallest absolute Gasteiger partial charge is 0.121 e. The predicted molar refractivity (Wildman–Crippen MR) is 67.4 cm³/mol. The number of aryl methyl sites for hydroxylation is 2. The first-order valence-electron chi connectivity index (χ1n) is 5.82. The van der Waals surface area contributed by atoms with Gasteiger partial charge in [-0.15, -0.1) is 0 Å². The lowest BCUT2D eigenvalue weighted by atomic mass is 9.97. The van der Waals surface area contributed by atoms with E-state index in [1.807, 2.05) is 26.0 Å². The number of benzene rings is 1. The number of phenols is 1. The van der Waals surface area contributed by atoms with E-state index in [0.717, 1.165) is 42.5 Å². The number of unbranched alkanes of at least 4 members (excludes halogenated alkanes) is 1. The third kappa shape index (κ3) is 3.22. The zero-order valence-corrected chi connectivity index (χ0v) is 10.2. The van der Waals surface area contributed by atoms with E-state index in [-0.39, 0.29) is 6.04 Å². The number of aromatic hydroxyl groups is 1. The van der Waals surface area contributed by atoms with Gasteiger partial charge in [0.15, 0.2) is 0 Å². The highest BCUT2D eigenvalue weighted by molar-refractivity contribution is 5.43. The molecule has 0 aliphatic rings. The molecule has 1 rings (SSSR count). The van der Waals surface area contributed by atoms with Crippen molar-refractivity contribution in [1.82, 2.24) is 0 Å². The van der Waals surface area contributed by atoms with Gasteiger partial charge in [-0.1, -0.05) is 18.6 Å². The van der Waals surface area contributed by atoms with Gasteiger partial charge in [0.1, 0.15) is 5.75 Å². The van der Waals surface area contributed by atoms with Crippen molar-refractivity contribution < 1.29 is 5.11 Å². The molecule has 0 radical (unpaired) electrons. The third-order valence-electron chi connectivity index (χ3n) is 2.91. The van der Waals surface area contributed by atoms with Crippen LogP contribution in [-0.2, 0) is 0 Å². The fraction of sp³-hybridized carbons (Fsp3) is 0.538. The maximum Gasteiger partial charge on any atom is 0.121 e. The molecular weight excluding hydrogens is 200 g/mol. The lowest BCUT2D eigenvalue weighted by molar-refractivity contribution is 0.466. The van der Waals surface area contributed by atoms with Gasteiger partial charge in [-0.05, 0) is 49.9 Å². The first-order valence-corrected chi connectivity index (χ1v) is 5.82. The highest BCUT2D eigenvalue weighted by atomic mass is 16.3. The van der Waals surface area contributed by atoms with Crippen molar-refractivity contribution in [2.75, 3.05) is 6.54 Å². The van der Waals surface area contributed by atoms with Crippen molar-refractivity contribution in [2.45, 2.75) is 39.2 Å². The molecule has 0 unspecified atom stereocenters. The van der Waals surface area contributed by atoms with E-state index in [2.05, 4.69) is 0 Å². The summed E-state index contributed by atoms with van der Waals surface area (Å²) in [5.74, 6) is 0.373. The molecule has 0 bridgehead atoms. The molecule has 0 aliphatic carbocycles. The van der Waals surface area contributed by atoms with Crippen LogP contribution in [-0.4, -0.2) is 11.7 Å². The molecule has 1 atom stereocenters. The van der Waals surface area contributed by atoms with E-state index in [4.69, 9.17) is 11.5 Å². The zero-order chi connectivity index (χ0) is 12.1. The summed E-state index contributed by atoms with van der Waals surface area (Å²) in [4.78, 5) is 0. The number of hydrogen-bond acceptors (Lipinski definition) is 3. The van der Waals surface area contributed by atoms with E-state index >= 15 is 0 Å². The van der Waals surface area contributed by atoms with Crippen LogP contribution in [0.1, 0.15) is 42.0 Å². The molecule has 0 amide bonds. The fourth-order valence-electron chi connectivity index (χ4n) is 1.88. The minimum Gasteiger partial charge on any atom is -0.507 e. The van der Waals surface area contributed by atoms with Crippen LogP contribution in [0, 0.1) is 13.8 Å². The van der Waals surface area contributed by atoms with Crippen molar-refractivity contribution in [3.63, 3.8) is 0 Å². The Balaban J connectivity index is 2.72. The van der Waals surface area contributed by atoms with Gasteiger partial charge in [0.05, 0.1) is 0 Å². The fourth-order valence-corrected chi connectivity index (χ4v) is 1.88. The Morgan fingerprint density at radius 3 is 2.25 bits per heavy atom. The summed E-state index contributed by atoms with van der Waals surface area (Å²) >= 11 is 0. The maximum atomic E-state index is 9.67. The Hall–Kier alpha value is -1.06. The van der Waals surface area contributed by atoms with Gasteiger partial charge in [-0.2, -0.15) is 0 Å². The van der Waals surface area contributed by atoms with E-state index < -0.39 is 0 Å². The normalized spacial score (nSPS) is 12.8. The molecule has 0 aliphatic heterocycles. The summed E-state index contributed by atoms with van der Waals surface area (Å²) in [6, 6.07) is 3.98. The average Bonchev–Trinajstić information content (AvgIpc) is 2.25. The average molecular weight is 222 g/mol. The van der Waals surface area contributed by atoms with E-state index in [0.29, 0.717) is 5.75 Å². The zero-order valence-electron chi connectivity index (χ0n) is 10.2. The Bertz CT molecular complexity index is 327. The molecule has 0 heterocycles. The van der Waals surface area contributed by atoms with Gasteiger partial charge < -0.3 is 16.6 Å². The minimum absolute atomic E-state index is 0.0459. The summed E-state index contributed by atoms with van der Waals surface area (Å²) in [6.45, 7) is 4.53. The summed E-state index contributed by atoms with van der Waals surface area (Å²) in [5.41, 5.74) is 14.4. The Morgan fingerprint density at radius 1 is 1.19 bits per heavy atom. The van der Waals surface area contributed by atoms with Gasteiger partial charge in [-0.25, -0.2) is 0 Å². The molecule has 0 fully saturated rings. The lowest BCUT2D eigenvalue weighted by Crippen LogP contribution is -2.11. The summed E-state index contributed by atoms with van der Waals surface area (Å²) in [5, 5.41) is 9.67. The second-order valence-corrected chi connectivity index (χ2v) is 4.39. The van der Waals surface area contributed by atoms with Gasteiger partial charge in [0.25, 0.3) is 0 Å². The van der Waals surface area contributed by atoms with Gasteiger partial charge in [0, 0.05) is 6.04 Å². The van der Waals surface area contributed by atoms with Crippen molar-refractivity contribution in [2.24, 2.45) is 11.5 Å². The summed E-state index contributed by atoms with van der Waals surface area (Å²) in [7, 11) is 0. The molecule has 1 aromatic rings. The van der Waals surface area contributed by atoms with Crippen LogP contribution in [0.25, 0.3) is 0 Å². The first kappa shape index (κ1) is 13.0. The molecule has 0 spiro atoms. The highest BCUT2D eigenvalue weighted by Crippen LogP contribution is 2.27. The largest absolute Gasteiger partial charge is 0.507 e. The number of nitrogens with two attached hydrogens (primary N) is 2. The second-order valence-electron chi connectivity index (χ2n) is 4.39. The standard InChI is InChI=1S/C13H22N2O/c1-9-7-11(8-10(2)13(9)16)12(15)5-3-4-6-14/h7-8,12,16H,3-6,14-15H2,1-2H3/t12-/m1/s1. The third-order valence-corrected chi connectivity index (χ3v) is 2.91. The number of rotatable bonds is 5. The van der Waals surface area contributed by atoms with Crippen LogP contribution in [0.15, 0.2) is 12.1 Å². The lowest BCUT2D eigenvalue weighted by Gasteiger charge is -2.14. The molecule has 0 saturated heterocycles. The van der Waals surface area contributed by atoms with E-state index in [1.165, 1.54) is 0 Å². The van der Waals surface area contributed by atoms with E-state index in [9.17, 15) is 5.11 Å². The molecular formula is C13H22N2O. The quantitative estimate of drug-likeness (QED) is 0.668. The van der Waals surface area contributed by atoms with Crippen molar-refractivity contribution >= 4 is 0 Å². The monoisotopic (exact) mass is 222 g/mol. The van der Waals surface area contributed by atoms with Gasteiger partial charge in [0.2, 0.25) is 0 Å². The molecule has 0 aromatic heterocycles. The van der Waals surface area contributed by atoms with Crippen molar-refractivity contribution in [3.05, 3.63) is 28.8 Å². The Labute approximate surface area is 97.5 Å². The molecule has 3 heteroatoms. The van der Waals surface area contributed by atoms with Crippen LogP contribution < -0.4 is 11.5 Å². The molecule has 1 aromatic carbocycles. The maximum absolute atomic E-state index is 9.67. The van der Waals surface area contributed by atoms with Crippen LogP contribution in [0.2, 0.25) is 0 Å². The molecule has 90 valence electrons. The minimum atomic E-state index is 0.0459. The summed E-state index contributed by atoms with van der Waals surface area (Å²) in [6.07, 6.45) is 3.02. The SMILES string of the molecule is Cc1cc([C@H](N)CCCCN)cc(C)c1O. The molecule has 16 heavy (non-hydrogen) atoms. The molecule has 3 nitrogen and oxygen atoms in total. The second kappa shape index (κ2) is 5.87.